The van der Waals surface area contributed by atoms with E-state index in [0.29, 0.717) is 17.9 Å². The molecule has 2 heterocycles. The number of carbonyl (C=O) groups is 1. The maximum Gasteiger partial charge on any atom is 0.244 e. The minimum absolute atomic E-state index is 0.114. The zero-order valence-corrected chi connectivity index (χ0v) is 18.1. The second kappa shape index (κ2) is 7.61. The molecule has 10 heteroatoms. The number of hydrogen-bond donors (Lipinski definition) is 1. The third-order valence-corrected chi connectivity index (χ3v) is 7.31. The molecule has 3 aromatic rings. The Balaban J connectivity index is 1.72. The van der Waals surface area contributed by atoms with E-state index in [9.17, 15) is 13.2 Å². The van der Waals surface area contributed by atoms with Gasteiger partial charge in [0.15, 0.2) is 0 Å². The predicted molar refractivity (Wildman–Crippen MR) is 109 cm³/mol. The van der Waals surface area contributed by atoms with Crippen LogP contribution in [0.5, 0.6) is 0 Å². The number of carbonyl (C=O) groups excluding carboxylic acids is 1. The van der Waals surface area contributed by atoms with Gasteiger partial charge in [-0.2, -0.15) is 9.82 Å². The summed E-state index contributed by atoms with van der Waals surface area (Å²) in [5.41, 5.74) is 1.81. The van der Waals surface area contributed by atoms with Crippen molar-refractivity contribution in [3.63, 3.8) is 0 Å². The summed E-state index contributed by atoms with van der Waals surface area (Å²) in [5.74, 6) is -0.331. The van der Waals surface area contributed by atoms with E-state index in [-0.39, 0.29) is 10.8 Å². The SMILES string of the molecule is Cc1nn(C)c(C)c1S(=O)(=O)N[C@@H](C)C(=O)N(C)Cc1nc2ccccc2s1. The fraction of sp³-hybridized carbons (Fsp3) is 0.389. The van der Waals surface area contributed by atoms with Gasteiger partial charge in [0.05, 0.1) is 34.2 Å². The van der Waals surface area contributed by atoms with Crippen molar-refractivity contribution in [2.24, 2.45) is 7.05 Å². The summed E-state index contributed by atoms with van der Waals surface area (Å²) >= 11 is 1.52. The molecule has 1 N–H and O–H groups in total. The van der Waals surface area contributed by atoms with E-state index in [1.54, 1.807) is 27.9 Å². The van der Waals surface area contributed by atoms with Crippen LogP contribution >= 0.6 is 11.3 Å². The second-order valence-corrected chi connectivity index (χ2v) is 9.50. The number of aromatic nitrogens is 3. The molecule has 0 saturated heterocycles. The Hall–Kier alpha value is -2.30. The zero-order valence-electron chi connectivity index (χ0n) is 16.4. The van der Waals surface area contributed by atoms with Crippen LogP contribution in [0.15, 0.2) is 29.2 Å². The van der Waals surface area contributed by atoms with Crippen molar-refractivity contribution in [3.05, 3.63) is 40.7 Å². The Bertz CT molecular complexity index is 1100. The monoisotopic (exact) mass is 421 g/mol. The van der Waals surface area contributed by atoms with Gasteiger partial charge in [0, 0.05) is 14.1 Å². The highest BCUT2D eigenvalue weighted by Crippen LogP contribution is 2.23. The van der Waals surface area contributed by atoms with E-state index in [1.165, 1.54) is 27.8 Å². The van der Waals surface area contributed by atoms with Crippen LogP contribution in [0.3, 0.4) is 0 Å². The maximum absolute atomic E-state index is 12.8. The smallest absolute Gasteiger partial charge is 0.244 e. The van der Waals surface area contributed by atoms with Gasteiger partial charge in [-0.05, 0) is 32.9 Å². The molecule has 0 fully saturated rings. The van der Waals surface area contributed by atoms with E-state index in [1.807, 2.05) is 24.3 Å². The summed E-state index contributed by atoms with van der Waals surface area (Å²) in [4.78, 5) is 18.8. The van der Waals surface area contributed by atoms with Gasteiger partial charge in [-0.15, -0.1) is 11.3 Å². The van der Waals surface area contributed by atoms with E-state index in [2.05, 4.69) is 14.8 Å². The molecule has 1 amide bonds. The first-order valence-electron chi connectivity index (χ1n) is 8.72. The van der Waals surface area contributed by atoms with Gasteiger partial charge < -0.3 is 4.90 Å². The Morgan fingerprint density at radius 1 is 1.32 bits per heavy atom. The number of nitrogens with zero attached hydrogens (tertiary/aromatic N) is 4. The molecule has 0 unspecified atom stereocenters. The van der Waals surface area contributed by atoms with Crippen molar-refractivity contribution in [1.29, 1.82) is 0 Å². The van der Waals surface area contributed by atoms with Crippen LogP contribution < -0.4 is 4.72 Å². The Morgan fingerprint density at radius 3 is 2.61 bits per heavy atom. The highest BCUT2D eigenvalue weighted by Gasteiger charge is 2.29. The van der Waals surface area contributed by atoms with Crippen molar-refractivity contribution in [3.8, 4) is 0 Å². The van der Waals surface area contributed by atoms with E-state index in [4.69, 9.17) is 0 Å². The van der Waals surface area contributed by atoms with Crippen LogP contribution in [-0.2, 0) is 28.4 Å². The lowest BCUT2D eigenvalue weighted by Gasteiger charge is -2.21. The van der Waals surface area contributed by atoms with E-state index < -0.39 is 16.1 Å². The van der Waals surface area contributed by atoms with E-state index in [0.717, 1.165) is 15.2 Å². The number of thiazole rings is 1. The number of rotatable bonds is 6. The van der Waals surface area contributed by atoms with Gasteiger partial charge in [-0.1, -0.05) is 12.1 Å². The van der Waals surface area contributed by atoms with Crippen molar-refractivity contribution >= 4 is 37.5 Å². The van der Waals surface area contributed by atoms with Crippen LogP contribution in [0, 0.1) is 13.8 Å². The Labute approximate surface area is 168 Å². The molecule has 150 valence electrons. The molecular formula is C18H23N5O3S2. The normalized spacial score (nSPS) is 13.0. The molecule has 0 bridgehead atoms. The standard InChI is InChI=1S/C18H23N5O3S2/c1-11-17(13(3)23(5)20-11)28(25,26)21-12(2)18(24)22(4)10-16-19-14-8-6-7-9-15(14)27-16/h6-9,12,21H,10H2,1-5H3/t12-/m0/s1. The van der Waals surface area contributed by atoms with Gasteiger partial charge in [0.2, 0.25) is 15.9 Å². The molecule has 28 heavy (non-hydrogen) atoms. The third kappa shape index (κ3) is 3.94. The van der Waals surface area contributed by atoms with Gasteiger partial charge >= 0.3 is 0 Å². The molecule has 8 nitrogen and oxygen atoms in total. The number of amides is 1. The molecule has 0 aliphatic heterocycles. The predicted octanol–water partition coefficient (Wildman–Crippen LogP) is 1.97. The minimum Gasteiger partial charge on any atom is -0.338 e. The average Bonchev–Trinajstić information content (AvgIpc) is 3.13. The van der Waals surface area contributed by atoms with Gasteiger partial charge in [-0.3, -0.25) is 9.48 Å². The Kier molecular flexibility index (Phi) is 5.55. The van der Waals surface area contributed by atoms with Crippen molar-refractivity contribution in [1.82, 2.24) is 24.4 Å². The first kappa shape index (κ1) is 20.4. The van der Waals surface area contributed by atoms with Crippen molar-refractivity contribution in [2.75, 3.05) is 7.05 Å². The van der Waals surface area contributed by atoms with Crippen molar-refractivity contribution in [2.45, 2.75) is 38.3 Å². The first-order chi connectivity index (χ1) is 13.1. The lowest BCUT2D eigenvalue weighted by Crippen LogP contribution is -2.45. The zero-order chi connectivity index (χ0) is 20.6. The van der Waals surface area contributed by atoms with Crippen LogP contribution in [0.2, 0.25) is 0 Å². The van der Waals surface area contributed by atoms with Crippen molar-refractivity contribution < 1.29 is 13.2 Å². The summed E-state index contributed by atoms with van der Waals surface area (Å²) in [6.07, 6.45) is 0. The molecule has 3 rings (SSSR count). The third-order valence-electron chi connectivity index (χ3n) is 4.50. The number of hydrogen-bond acceptors (Lipinski definition) is 6. The lowest BCUT2D eigenvalue weighted by molar-refractivity contribution is -0.131. The molecule has 0 aliphatic carbocycles. The fourth-order valence-electron chi connectivity index (χ4n) is 3.08. The summed E-state index contributed by atoms with van der Waals surface area (Å²) in [5, 5.41) is 4.93. The number of aryl methyl sites for hydroxylation is 2. The molecule has 0 saturated carbocycles. The number of sulfonamides is 1. The van der Waals surface area contributed by atoms with Gasteiger partial charge in [0.25, 0.3) is 0 Å². The molecule has 0 spiro atoms. The van der Waals surface area contributed by atoms with Crippen LogP contribution in [-0.4, -0.2) is 47.1 Å². The molecular weight excluding hydrogens is 398 g/mol. The van der Waals surface area contributed by atoms with Crippen LogP contribution in [0.1, 0.15) is 23.3 Å². The summed E-state index contributed by atoms with van der Waals surface area (Å²) in [6.45, 7) is 5.17. The average molecular weight is 422 g/mol. The highest BCUT2D eigenvalue weighted by molar-refractivity contribution is 7.89. The number of likely N-dealkylation sites (N-methyl/N-ethyl adjacent to an activating group) is 1. The molecule has 1 atom stereocenters. The minimum atomic E-state index is -3.87. The molecule has 0 aliphatic rings. The largest absolute Gasteiger partial charge is 0.338 e. The summed E-state index contributed by atoms with van der Waals surface area (Å²) in [6, 6.07) is 6.85. The Morgan fingerprint density at radius 2 is 2.00 bits per heavy atom. The number of fused-ring (bicyclic) bond motifs is 1. The topological polar surface area (TPSA) is 97.2 Å². The number of nitrogens with one attached hydrogen (secondary N) is 1. The molecule has 2 aromatic heterocycles. The van der Waals surface area contributed by atoms with E-state index >= 15 is 0 Å². The second-order valence-electron chi connectivity index (χ2n) is 6.74. The molecule has 0 radical (unpaired) electrons. The van der Waals surface area contributed by atoms with Gasteiger partial charge in [-0.25, -0.2) is 13.4 Å². The molecule has 1 aromatic carbocycles. The lowest BCUT2D eigenvalue weighted by atomic mass is 10.3. The first-order valence-corrected chi connectivity index (χ1v) is 11.0. The van der Waals surface area contributed by atoms with Gasteiger partial charge in [0.1, 0.15) is 9.90 Å². The summed E-state index contributed by atoms with van der Waals surface area (Å²) < 4.78 is 30.5. The maximum atomic E-state index is 12.8. The van der Waals surface area contributed by atoms with Crippen LogP contribution in [0.4, 0.5) is 0 Å². The number of para-hydroxylation sites is 1. The highest BCUT2D eigenvalue weighted by atomic mass is 32.2. The quantitative estimate of drug-likeness (QED) is 0.656. The summed E-state index contributed by atoms with van der Waals surface area (Å²) in [7, 11) is -0.545. The fourth-order valence-corrected chi connectivity index (χ4v) is 5.74. The number of benzene rings is 1. The van der Waals surface area contributed by atoms with Crippen LogP contribution in [0.25, 0.3) is 10.2 Å².